The summed E-state index contributed by atoms with van der Waals surface area (Å²) in [6.45, 7) is -2.60. The minimum absolute atomic E-state index is 0.104. The number of primary amides is 1. The van der Waals surface area contributed by atoms with Crippen LogP contribution in [0.3, 0.4) is 0 Å². The number of nitrogens with two attached hydrogens (primary N) is 1. The van der Waals surface area contributed by atoms with Crippen LogP contribution in [-0.2, 0) is 15.8 Å². The molecule has 248 valence electrons. The smallest absolute Gasteiger partial charge is 0.424 e. The maximum atomic E-state index is 14.8. The van der Waals surface area contributed by atoms with E-state index in [1.165, 1.54) is 30.6 Å². The van der Waals surface area contributed by atoms with E-state index in [9.17, 15) is 41.0 Å². The molecule has 17 heteroatoms. The number of carbonyl (C=O) groups excluding carboxylic acids is 2. The van der Waals surface area contributed by atoms with Crippen LogP contribution in [0.4, 0.5) is 26.3 Å². The number of benzene rings is 2. The summed E-state index contributed by atoms with van der Waals surface area (Å²) in [4.78, 5) is 34.1. The lowest BCUT2D eigenvalue weighted by Gasteiger charge is -2.32. The first-order valence-electron chi connectivity index (χ1n) is 13.9. The average molecular weight is 701 g/mol. The Bertz CT molecular complexity index is 1940. The standard InChI is InChI=1S/C30H23ClF6N4O5S/c1-45-18-7-14(8-19-22(18)41-25(47-19)12-2-3-12)24(42)39-10-29(44,30(35,36)37)20-9-15-23(46-11-28(15,26(33)34)27(38)43)21(40-20)13-4-5-17(32)16(31)6-13/h4-9,12,26,44H,2-3,10-11H2,1H3,(H2,38,43)(H,39,42)/t28-,29?/m1/s1. The van der Waals surface area contributed by atoms with Crippen LogP contribution < -0.4 is 20.5 Å². The van der Waals surface area contributed by atoms with Gasteiger partial charge in [-0.25, -0.2) is 23.1 Å². The Balaban J connectivity index is 1.44. The Morgan fingerprint density at radius 2 is 1.94 bits per heavy atom. The molecule has 1 saturated carbocycles. The van der Waals surface area contributed by atoms with Crippen molar-refractivity contribution in [2.45, 2.75) is 42.4 Å². The summed E-state index contributed by atoms with van der Waals surface area (Å²) >= 11 is 7.18. The molecule has 0 saturated heterocycles. The molecule has 1 aliphatic carbocycles. The first kappa shape index (κ1) is 32.8. The molecule has 4 N–H and O–H groups in total. The van der Waals surface area contributed by atoms with E-state index in [2.05, 4.69) is 15.3 Å². The third-order valence-corrected chi connectivity index (χ3v) is 9.64. The van der Waals surface area contributed by atoms with Crippen molar-refractivity contribution in [1.29, 1.82) is 0 Å². The summed E-state index contributed by atoms with van der Waals surface area (Å²) in [5, 5.41) is 13.6. The number of hydrogen-bond acceptors (Lipinski definition) is 8. The highest BCUT2D eigenvalue weighted by Gasteiger charge is 2.60. The van der Waals surface area contributed by atoms with Crippen LogP contribution in [0.15, 0.2) is 36.4 Å². The molecule has 2 aliphatic rings. The molecule has 1 unspecified atom stereocenters. The number of halogens is 7. The fourth-order valence-electron chi connectivity index (χ4n) is 5.27. The number of ether oxygens (including phenoxy) is 2. The largest absolute Gasteiger partial charge is 0.494 e. The third kappa shape index (κ3) is 5.41. The highest BCUT2D eigenvalue weighted by atomic mass is 35.5. The first-order chi connectivity index (χ1) is 22.1. The molecule has 0 spiro atoms. The lowest BCUT2D eigenvalue weighted by Crippen LogP contribution is -2.52. The topological polar surface area (TPSA) is 137 Å². The van der Waals surface area contributed by atoms with E-state index in [-0.39, 0.29) is 22.8 Å². The molecule has 2 amide bonds. The van der Waals surface area contributed by atoms with Gasteiger partial charge in [-0.3, -0.25) is 9.59 Å². The second-order valence-corrected chi connectivity index (χ2v) is 12.6. The normalized spacial score (nSPS) is 18.9. The highest BCUT2D eigenvalue weighted by Crippen LogP contribution is 2.50. The van der Waals surface area contributed by atoms with Gasteiger partial charge >= 0.3 is 6.18 Å². The summed E-state index contributed by atoms with van der Waals surface area (Å²) in [5.41, 5.74) is -4.05. The molecule has 0 radical (unpaired) electrons. The van der Waals surface area contributed by atoms with Gasteiger partial charge in [-0.15, -0.1) is 11.3 Å². The van der Waals surface area contributed by atoms with Crippen molar-refractivity contribution in [3.8, 4) is 22.8 Å². The van der Waals surface area contributed by atoms with Gasteiger partial charge in [-0.05, 0) is 49.2 Å². The van der Waals surface area contributed by atoms with E-state index in [1.807, 2.05) is 0 Å². The fourth-order valence-corrected chi connectivity index (χ4v) is 6.65. The zero-order valence-corrected chi connectivity index (χ0v) is 25.6. The van der Waals surface area contributed by atoms with E-state index in [0.29, 0.717) is 16.3 Å². The van der Waals surface area contributed by atoms with Gasteiger partial charge in [0.25, 0.3) is 12.3 Å². The van der Waals surface area contributed by atoms with Crippen LogP contribution in [0.5, 0.6) is 11.5 Å². The number of amides is 2. The maximum Gasteiger partial charge on any atom is 0.424 e. The number of nitrogens with one attached hydrogen (secondary N) is 1. The number of aromatic nitrogens is 2. The molecule has 6 rings (SSSR count). The summed E-state index contributed by atoms with van der Waals surface area (Å²) in [6, 6.07) is 5.99. The van der Waals surface area contributed by atoms with Crippen LogP contribution in [0.25, 0.3) is 21.5 Å². The minimum Gasteiger partial charge on any atom is -0.494 e. The molecular formula is C30H23ClF6N4O5S. The van der Waals surface area contributed by atoms with Gasteiger partial charge in [0, 0.05) is 22.6 Å². The van der Waals surface area contributed by atoms with Crippen molar-refractivity contribution in [1.82, 2.24) is 15.3 Å². The van der Waals surface area contributed by atoms with E-state index < -0.39 is 82.1 Å². The predicted molar refractivity (Wildman–Crippen MR) is 157 cm³/mol. The summed E-state index contributed by atoms with van der Waals surface area (Å²) in [5.74, 6) is -3.61. The van der Waals surface area contributed by atoms with Gasteiger partial charge < -0.3 is 25.6 Å². The van der Waals surface area contributed by atoms with Crippen LogP contribution in [0.2, 0.25) is 5.02 Å². The van der Waals surface area contributed by atoms with Crippen molar-refractivity contribution in [3.63, 3.8) is 0 Å². The summed E-state index contributed by atoms with van der Waals surface area (Å²) < 4.78 is 98.4. The number of aliphatic hydroxyl groups is 1. The van der Waals surface area contributed by atoms with Crippen LogP contribution in [0.1, 0.15) is 45.4 Å². The number of fused-ring (bicyclic) bond motifs is 2. The number of hydrogen-bond donors (Lipinski definition) is 3. The Labute approximate surface area is 270 Å². The van der Waals surface area contributed by atoms with E-state index in [4.69, 9.17) is 26.8 Å². The first-order valence-corrected chi connectivity index (χ1v) is 15.1. The SMILES string of the molecule is COc1cc(C(=O)NCC(O)(c2cc3c(c(-c4ccc(F)c(Cl)c4)n2)OC[C@]3(C(N)=O)C(F)F)C(F)(F)F)cc2sc(C3CC3)nc12. The number of carbonyl (C=O) groups is 2. The molecule has 1 fully saturated rings. The van der Waals surface area contributed by atoms with Crippen molar-refractivity contribution < 1.29 is 50.5 Å². The number of alkyl halides is 5. The number of pyridine rings is 1. The molecule has 0 bridgehead atoms. The van der Waals surface area contributed by atoms with E-state index in [0.717, 1.165) is 36.0 Å². The predicted octanol–water partition coefficient (Wildman–Crippen LogP) is 5.60. The van der Waals surface area contributed by atoms with Crippen molar-refractivity contribution >= 4 is 45.0 Å². The van der Waals surface area contributed by atoms with Crippen LogP contribution in [0, 0.1) is 5.82 Å². The Hall–Kier alpha value is -4.15. The lowest BCUT2D eigenvalue weighted by atomic mass is 9.80. The highest BCUT2D eigenvalue weighted by molar-refractivity contribution is 7.18. The molecule has 4 aromatic rings. The Kier molecular flexibility index (Phi) is 8.04. The lowest BCUT2D eigenvalue weighted by molar-refractivity contribution is -0.265. The molecule has 2 atom stereocenters. The number of methoxy groups -OCH3 is 1. The fraction of sp³-hybridized carbons (Fsp3) is 0.333. The zero-order valence-electron chi connectivity index (χ0n) is 24.1. The molecular weight excluding hydrogens is 678 g/mol. The monoisotopic (exact) mass is 700 g/mol. The second-order valence-electron chi connectivity index (χ2n) is 11.2. The van der Waals surface area contributed by atoms with Gasteiger partial charge in [0.2, 0.25) is 11.5 Å². The maximum absolute atomic E-state index is 14.8. The number of thiazole rings is 1. The van der Waals surface area contributed by atoms with Crippen LogP contribution in [-0.4, -0.2) is 59.8 Å². The molecule has 2 aromatic heterocycles. The molecule has 1 aliphatic heterocycles. The van der Waals surface area contributed by atoms with Crippen molar-refractivity contribution in [3.05, 3.63) is 69.1 Å². The van der Waals surface area contributed by atoms with Crippen molar-refractivity contribution in [2.75, 3.05) is 20.3 Å². The minimum atomic E-state index is -5.57. The third-order valence-electron chi connectivity index (χ3n) is 8.19. The summed E-state index contributed by atoms with van der Waals surface area (Å²) in [7, 11) is 1.34. The Morgan fingerprint density at radius 1 is 1.21 bits per heavy atom. The van der Waals surface area contributed by atoms with Gasteiger partial charge in [0.1, 0.15) is 35.1 Å². The van der Waals surface area contributed by atoms with E-state index >= 15 is 0 Å². The molecule has 2 aromatic carbocycles. The van der Waals surface area contributed by atoms with Gasteiger partial charge in [-0.1, -0.05) is 11.6 Å². The molecule has 9 nitrogen and oxygen atoms in total. The van der Waals surface area contributed by atoms with Crippen LogP contribution >= 0.6 is 22.9 Å². The van der Waals surface area contributed by atoms with Gasteiger partial charge in [0.15, 0.2) is 5.41 Å². The van der Waals surface area contributed by atoms with Gasteiger partial charge in [-0.2, -0.15) is 13.2 Å². The average Bonchev–Trinajstić information content (AvgIpc) is 3.65. The number of nitrogens with zero attached hydrogens (tertiary/aromatic N) is 2. The number of rotatable bonds is 9. The van der Waals surface area contributed by atoms with Crippen molar-refractivity contribution in [2.24, 2.45) is 5.73 Å². The second kappa shape index (κ2) is 11.5. The quantitative estimate of drug-likeness (QED) is 0.194. The van der Waals surface area contributed by atoms with Gasteiger partial charge in [0.05, 0.1) is 34.1 Å². The molecule has 3 heterocycles. The molecule has 47 heavy (non-hydrogen) atoms. The summed E-state index contributed by atoms with van der Waals surface area (Å²) in [6.07, 6.45) is -7.21. The van der Waals surface area contributed by atoms with E-state index in [1.54, 1.807) is 0 Å². The Morgan fingerprint density at radius 3 is 2.53 bits per heavy atom. The zero-order chi connectivity index (χ0) is 34.1.